The van der Waals surface area contributed by atoms with Crippen LogP contribution in [0.4, 0.5) is 0 Å². The van der Waals surface area contributed by atoms with Gasteiger partial charge in [-0.2, -0.15) is 0 Å². The number of alkyl halides is 1. The molecule has 0 aromatic heterocycles. The number of benzene rings is 2. The fourth-order valence-corrected chi connectivity index (χ4v) is 7.42. The van der Waals surface area contributed by atoms with Gasteiger partial charge in [0, 0.05) is 10.9 Å². The molecule has 2 aromatic carbocycles. The van der Waals surface area contributed by atoms with E-state index in [4.69, 9.17) is 11.6 Å². The average Bonchev–Trinajstić information content (AvgIpc) is 2.69. The zero-order valence-corrected chi connectivity index (χ0v) is 13.5. The van der Waals surface area contributed by atoms with Crippen LogP contribution in [0.25, 0.3) is 11.1 Å². The average molecular weight is 287 g/mol. The lowest BCUT2D eigenvalue weighted by Crippen LogP contribution is -2.50. The van der Waals surface area contributed by atoms with Gasteiger partial charge in [-0.1, -0.05) is 68.2 Å². The monoisotopic (exact) mass is 286 g/mol. The van der Waals surface area contributed by atoms with E-state index in [0.717, 1.165) is 0 Å². The van der Waals surface area contributed by atoms with Crippen molar-refractivity contribution in [2.24, 2.45) is 0 Å². The lowest BCUT2D eigenvalue weighted by Gasteiger charge is -2.41. The second kappa shape index (κ2) is 4.22. The quantitative estimate of drug-likeness (QED) is 0.534. The predicted octanol–water partition coefficient (Wildman–Crippen LogP) is 5.07. The molecule has 0 amide bonds. The molecule has 0 aliphatic heterocycles. The van der Waals surface area contributed by atoms with Crippen LogP contribution in [0.1, 0.15) is 11.1 Å². The molecule has 0 N–H and O–H groups in total. The molecule has 2 heteroatoms. The molecule has 0 fully saturated rings. The van der Waals surface area contributed by atoms with Gasteiger partial charge in [-0.05, 0) is 22.3 Å². The minimum Gasteiger partial charge on any atom is -0.126 e. The van der Waals surface area contributed by atoms with Crippen LogP contribution in [0.3, 0.4) is 0 Å². The molecule has 1 aliphatic carbocycles. The molecule has 0 nitrogen and oxygen atoms in total. The lowest BCUT2D eigenvalue weighted by atomic mass is 9.97. The molecule has 0 atom stereocenters. The Bertz CT molecular complexity index is 580. The van der Waals surface area contributed by atoms with Crippen molar-refractivity contribution in [3.05, 3.63) is 59.7 Å². The summed E-state index contributed by atoms with van der Waals surface area (Å²) in [5, 5.41) is 0.0434. The molecule has 2 aromatic rings. The van der Waals surface area contributed by atoms with Gasteiger partial charge in [0.15, 0.2) is 0 Å². The van der Waals surface area contributed by atoms with Crippen LogP contribution in [0, 0.1) is 0 Å². The summed E-state index contributed by atoms with van der Waals surface area (Å²) in [6.45, 7) is 7.27. The van der Waals surface area contributed by atoms with Crippen molar-refractivity contribution >= 4 is 19.7 Å². The molecule has 0 heterocycles. The molecule has 0 spiro atoms. The molecule has 19 heavy (non-hydrogen) atoms. The van der Waals surface area contributed by atoms with Crippen LogP contribution in [0.5, 0.6) is 0 Å². The van der Waals surface area contributed by atoms with E-state index in [2.05, 4.69) is 68.2 Å². The maximum Gasteiger partial charge on any atom is 0.0628 e. The maximum absolute atomic E-state index is 6.54. The Hall–Kier alpha value is -1.05. The number of hydrogen-bond acceptors (Lipinski definition) is 0. The maximum atomic E-state index is 6.54. The van der Waals surface area contributed by atoms with Crippen molar-refractivity contribution in [3.63, 3.8) is 0 Å². The summed E-state index contributed by atoms with van der Waals surface area (Å²) in [4.78, 5) is 0. The van der Waals surface area contributed by atoms with Crippen LogP contribution < -0.4 is 0 Å². The Morgan fingerprint density at radius 3 is 1.63 bits per heavy atom. The van der Waals surface area contributed by atoms with Gasteiger partial charge >= 0.3 is 0 Å². The van der Waals surface area contributed by atoms with E-state index in [-0.39, 0.29) is 5.04 Å². The topological polar surface area (TPSA) is 0 Å². The van der Waals surface area contributed by atoms with Crippen LogP contribution in [0.2, 0.25) is 19.6 Å². The zero-order chi connectivity index (χ0) is 13.7. The molecule has 0 saturated heterocycles. The molecule has 0 unspecified atom stereocenters. The molecular formula is C17H19ClSi. The van der Waals surface area contributed by atoms with Crippen LogP contribution in [-0.2, 0) is 5.04 Å². The van der Waals surface area contributed by atoms with E-state index in [1.165, 1.54) is 22.3 Å². The number of hydrogen-bond donors (Lipinski definition) is 0. The summed E-state index contributed by atoms with van der Waals surface area (Å²) in [7, 11) is -1.51. The van der Waals surface area contributed by atoms with Gasteiger partial charge in [-0.25, -0.2) is 0 Å². The van der Waals surface area contributed by atoms with Crippen molar-refractivity contribution in [1.82, 2.24) is 0 Å². The number of rotatable bonds is 2. The Kier molecular flexibility index (Phi) is 2.88. The highest BCUT2D eigenvalue weighted by molar-refractivity contribution is 6.80. The van der Waals surface area contributed by atoms with Crippen molar-refractivity contribution < 1.29 is 0 Å². The van der Waals surface area contributed by atoms with Gasteiger partial charge in [-0.15, -0.1) is 11.6 Å². The minimum atomic E-state index is -1.51. The Balaban J connectivity index is 2.43. The fourth-order valence-electron chi connectivity index (χ4n) is 3.48. The first kappa shape index (κ1) is 13.0. The van der Waals surface area contributed by atoms with Crippen molar-refractivity contribution in [1.29, 1.82) is 0 Å². The molecule has 3 rings (SSSR count). The Morgan fingerprint density at radius 2 is 1.26 bits per heavy atom. The smallest absolute Gasteiger partial charge is 0.0628 e. The van der Waals surface area contributed by atoms with Gasteiger partial charge < -0.3 is 0 Å². The van der Waals surface area contributed by atoms with Crippen LogP contribution >= 0.6 is 11.6 Å². The second-order valence-electron chi connectivity index (χ2n) is 6.38. The first-order valence-electron chi connectivity index (χ1n) is 6.78. The predicted molar refractivity (Wildman–Crippen MR) is 86.7 cm³/mol. The van der Waals surface area contributed by atoms with Gasteiger partial charge in [-0.3, -0.25) is 0 Å². The third kappa shape index (κ3) is 1.58. The van der Waals surface area contributed by atoms with E-state index in [0.29, 0.717) is 5.88 Å². The molecule has 0 bridgehead atoms. The zero-order valence-electron chi connectivity index (χ0n) is 11.7. The summed E-state index contributed by atoms with van der Waals surface area (Å²) in [5.41, 5.74) is 5.62. The summed E-state index contributed by atoms with van der Waals surface area (Å²) in [5.74, 6) is 0.677. The summed E-state index contributed by atoms with van der Waals surface area (Å²) in [6, 6.07) is 17.6. The van der Waals surface area contributed by atoms with Crippen LogP contribution in [0.15, 0.2) is 48.5 Å². The van der Waals surface area contributed by atoms with E-state index in [1.807, 2.05) is 0 Å². The third-order valence-corrected chi connectivity index (χ3v) is 8.45. The Morgan fingerprint density at radius 1 is 0.842 bits per heavy atom. The highest BCUT2D eigenvalue weighted by Crippen LogP contribution is 2.53. The number of fused-ring (bicyclic) bond motifs is 3. The van der Waals surface area contributed by atoms with Gasteiger partial charge in [0.1, 0.15) is 0 Å². The SMILES string of the molecule is C[Si](C)(C)C1(CCl)c2ccccc2-c2ccccc21. The van der Waals surface area contributed by atoms with Crippen LogP contribution in [-0.4, -0.2) is 14.0 Å². The van der Waals surface area contributed by atoms with Crippen molar-refractivity contribution in [2.75, 3.05) is 5.88 Å². The fraction of sp³-hybridized carbons (Fsp3) is 0.294. The first-order valence-corrected chi connectivity index (χ1v) is 10.8. The summed E-state index contributed by atoms with van der Waals surface area (Å²) >= 11 is 6.54. The van der Waals surface area contributed by atoms with Crippen molar-refractivity contribution in [2.45, 2.75) is 24.7 Å². The first-order chi connectivity index (χ1) is 9.02. The summed E-state index contributed by atoms with van der Waals surface area (Å²) < 4.78 is 0. The van der Waals surface area contributed by atoms with E-state index >= 15 is 0 Å². The van der Waals surface area contributed by atoms with E-state index in [1.54, 1.807) is 0 Å². The molecule has 0 radical (unpaired) electrons. The third-order valence-electron chi connectivity index (χ3n) is 4.54. The molecular weight excluding hydrogens is 268 g/mol. The van der Waals surface area contributed by atoms with E-state index in [9.17, 15) is 0 Å². The minimum absolute atomic E-state index is 0.0434. The van der Waals surface area contributed by atoms with Gasteiger partial charge in [0.05, 0.1) is 8.07 Å². The lowest BCUT2D eigenvalue weighted by molar-refractivity contribution is 0.808. The molecule has 0 saturated carbocycles. The summed E-state index contributed by atoms with van der Waals surface area (Å²) in [6.07, 6.45) is 0. The van der Waals surface area contributed by atoms with E-state index < -0.39 is 8.07 Å². The number of halogens is 1. The Labute approximate surface area is 121 Å². The largest absolute Gasteiger partial charge is 0.126 e. The van der Waals surface area contributed by atoms with Gasteiger partial charge in [0.2, 0.25) is 0 Å². The molecule has 98 valence electrons. The highest BCUT2D eigenvalue weighted by atomic mass is 35.5. The standard InChI is InChI=1S/C17H19ClSi/c1-19(2,3)17(12-18)15-10-6-4-8-13(15)14-9-5-7-11-16(14)17/h4-11H,12H2,1-3H3. The highest BCUT2D eigenvalue weighted by Gasteiger charge is 2.51. The molecule has 1 aliphatic rings. The van der Waals surface area contributed by atoms with Gasteiger partial charge in [0.25, 0.3) is 0 Å². The normalized spacial score (nSPS) is 16.0. The second-order valence-corrected chi connectivity index (χ2v) is 12.0. The van der Waals surface area contributed by atoms with Crippen molar-refractivity contribution in [3.8, 4) is 11.1 Å².